The summed E-state index contributed by atoms with van der Waals surface area (Å²) in [6.07, 6.45) is 1.02. The first kappa shape index (κ1) is 11.9. The summed E-state index contributed by atoms with van der Waals surface area (Å²) < 4.78 is 11.0. The first-order valence-electron chi connectivity index (χ1n) is 5.37. The highest BCUT2D eigenvalue weighted by Gasteiger charge is 1.96. The number of hydrogen-bond acceptors (Lipinski definition) is 3. The van der Waals surface area contributed by atoms with Crippen LogP contribution in [0.15, 0.2) is 24.3 Å². The van der Waals surface area contributed by atoms with Crippen LogP contribution in [-0.2, 0) is 0 Å². The van der Waals surface area contributed by atoms with Crippen molar-refractivity contribution in [3.05, 3.63) is 24.3 Å². The van der Waals surface area contributed by atoms with Crippen LogP contribution < -0.4 is 14.8 Å². The molecule has 0 aliphatic rings. The van der Waals surface area contributed by atoms with Gasteiger partial charge in [-0.05, 0) is 25.6 Å². The molecule has 1 aromatic carbocycles. The normalized spacial score (nSPS) is 10.0. The third kappa shape index (κ3) is 4.70. The third-order valence-corrected chi connectivity index (χ3v) is 1.90. The molecular formula is C12H19NO2. The van der Waals surface area contributed by atoms with E-state index < -0.39 is 0 Å². The molecule has 0 unspecified atom stereocenters. The molecule has 0 fully saturated rings. The number of benzene rings is 1. The number of ether oxygens (including phenoxy) is 2. The largest absolute Gasteiger partial charge is 0.493 e. The van der Waals surface area contributed by atoms with Crippen molar-refractivity contribution in [1.82, 2.24) is 5.32 Å². The van der Waals surface area contributed by atoms with Crippen molar-refractivity contribution in [1.29, 1.82) is 0 Å². The van der Waals surface area contributed by atoms with Gasteiger partial charge in [-0.1, -0.05) is 13.0 Å². The van der Waals surface area contributed by atoms with Crippen LogP contribution in [-0.4, -0.2) is 26.8 Å². The van der Waals surface area contributed by atoms with Crippen molar-refractivity contribution >= 4 is 0 Å². The van der Waals surface area contributed by atoms with Gasteiger partial charge < -0.3 is 14.8 Å². The lowest BCUT2D eigenvalue weighted by Gasteiger charge is -2.08. The molecule has 0 saturated heterocycles. The van der Waals surface area contributed by atoms with Crippen LogP contribution in [0.1, 0.15) is 13.3 Å². The molecule has 3 nitrogen and oxygen atoms in total. The van der Waals surface area contributed by atoms with Gasteiger partial charge in [-0.15, -0.1) is 0 Å². The van der Waals surface area contributed by atoms with Gasteiger partial charge in [-0.2, -0.15) is 0 Å². The highest BCUT2D eigenvalue weighted by molar-refractivity contribution is 5.32. The molecule has 1 rings (SSSR count). The maximum atomic E-state index is 5.52. The summed E-state index contributed by atoms with van der Waals surface area (Å²) in [6, 6.07) is 7.75. The molecule has 0 bridgehead atoms. The lowest BCUT2D eigenvalue weighted by Crippen LogP contribution is -2.15. The van der Waals surface area contributed by atoms with Crippen LogP contribution in [0.3, 0.4) is 0 Å². The van der Waals surface area contributed by atoms with Gasteiger partial charge in [0, 0.05) is 12.6 Å². The Balaban J connectivity index is 2.42. The Morgan fingerprint density at radius 2 is 1.80 bits per heavy atom. The van der Waals surface area contributed by atoms with Crippen LogP contribution in [0.25, 0.3) is 0 Å². The second-order valence-corrected chi connectivity index (χ2v) is 3.28. The van der Waals surface area contributed by atoms with E-state index in [2.05, 4.69) is 12.2 Å². The Morgan fingerprint density at radius 3 is 2.40 bits per heavy atom. The zero-order valence-electron chi connectivity index (χ0n) is 9.45. The van der Waals surface area contributed by atoms with E-state index in [1.165, 1.54) is 0 Å². The van der Waals surface area contributed by atoms with E-state index in [0.717, 1.165) is 31.1 Å². The second-order valence-electron chi connectivity index (χ2n) is 3.28. The van der Waals surface area contributed by atoms with E-state index in [0.29, 0.717) is 6.61 Å². The van der Waals surface area contributed by atoms with Crippen molar-refractivity contribution < 1.29 is 9.47 Å². The Morgan fingerprint density at radius 1 is 1.13 bits per heavy atom. The molecule has 0 aliphatic heterocycles. The summed E-state index contributed by atoms with van der Waals surface area (Å²) in [7, 11) is 1.91. The van der Waals surface area contributed by atoms with Crippen molar-refractivity contribution in [3.8, 4) is 11.5 Å². The zero-order valence-corrected chi connectivity index (χ0v) is 9.45. The highest BCUT2D eigenvalue weighted by Crippen LogP contribution is 2.19. The maximum Gasteiger partial charge on any atom is 0.123 e. The van der Waals surface area contributed by atoms with Gasteiger partial charge in [0.1, 0.15) is 18.1 Å². The van der Waals surface area contributed by atoms with Crippen LogP contribution in [0.2, 0.25) is 0 Å². The van der Waals surface area contributed by atoms with Gasteiger partial charge >= 0.3 is 0 Å². The van der Waals surface area contributed by atoms with Crippen molar-refractivity contribution in [2.24, 2.45) is 0 Å². The van der Waals surface area contributed by atoms with Gasteiger partial charge in [0.15, 0.2) is 0 Å². The molecule has 0 radical (unpaired) electrons. The predicted molar refractivity (Wildman–Crippen MR) is 61.6 cm³/mol. The number of hydrogen-bond donors (Lipinski definition) is 1. The third-order valence-electron chi connectivity index (χ3n) is 1.90. The quantitative estimate of drug-likeness (QED) is 0.697. The fraction of sp³-hybridized carbons (Fsp3) is 0.500. The predicted octanol–water partition coefficient (Wildman–Crippen LogP) is 2.07. The van der Waals surface area contributed by atoms with E-state index in [1.54, 1.807) is 0 Å². The first-order valence-corrected chi connectivity index (χ1v) is 5.37. The molecule has 1 N–H and O–H groups in total. The average molecular weight is 209 g/mol. The fourth-order valence-electron chi connectivity index (χ4n) is 1.14. The molecule has 0 atom stereocenters. The van der Waals surface area contributed by atoms with Crippen LogP contribution >= 0.6 is 0 Å². The van der Waals surface area contributed by atoms with E-state index >= 15 is 0 Å². The molecule has 0 aliphatic carbocycles. The highest BCUT2D eigenvalue weighted by atomic mass is 16.5. The molecular weight excluding hydrogens is 190 g/mol. The Bertz CT molecular complexity index is 276. The minimum Gasteiger partial charge on any atom is -0.493 e. The van der Waals surface area contributed by atoms with E-state index in [4.69, 9.17) is 9.47 Å². The molecule has 84 valence electrons. The smallest absolute Gasteiger partial charge is 0.123 e. The first-order chi connectivity index (χ1) is 7.36. The van der Waals surface area contributed by atoms with Gasteiger partial charge in [0.2, 0.25) is 0 Å². The second kappa shape index (κ2) is 7.12. The minimum atomic E-state index is 0.674. The topological polar surface area (TPSA) is 30.5 Å². The maximum absolute atomic E-state index is 5.52. The minimum absolute atomic E-state index is 0.674. The molecule has 0 heterocycles. The molecule has 3 heteroatoms. The zero-order chi connectivity index (χ0) is 10.9. The van der Waals surface area contributed by atoms with E-state index in [-0.39, 0.29) is 0 Å². The molecule has 15 heavy (non-hydrogen) atoms. The molecule has 1 aromatic rings. The van der Waals surface area contributed by atoms with E-state index in [1.807, 2.05) is 31.3 Å². The lowest BCUT2D eigenvalue weighted by molar-refractivity contribution is 0.302. The fourth-order valence-corrected chi connectivity index (χ4v) is 1.14. The van der Waals surface area contributed by atoms with Crippen LogP contribution in [0.4, 0.5) is 0 Å². The summed E-state index contributed by atoms with van der Waals surface area (Å²) in [5.41, 5.74) is 0. The SMILES string of the molecule is CCCOc1cccc(OCCNC)c1. The summed E-state index contributed by atoms with van der Waals surface area (Å²) >= 11 is 0. The molecule has 0 saturated carbocycles. The van der Waals surface area contributed by atoms with Crippen LogP contribution in [0, 0.1) is 0 Å². The van der Waals surface area contributed by atoms with Crippen molar-refractivity contribution in [3.63, 3.8) is 0 Å². The Labute approximate surface area is 91.4 Å². The van der Waals surface area contributed by atoms with Gasteiger partial charge in [-0.3, -0.25) is 0 Å². The van der Waals surface area contributed by atoms with Gasteiger partial charge in [-0.25, -0.2) is 0 Å². The monoisotopic (exact) mass is 209 g/mol. The number of likely N-dealkylation sites (N-methyl/N-ethyl adjacent to an activating group) is 1. The van der Waals surface area contributed by atoms with Crippen LogP contribution in [0.5, 0.6) is 11.5 Å². The summed E-state index contributed by atoms with van der Waals surface area (Å²) in [6.45, 7) is 4.36. The lowest BCUT2D eigenvalue weighted by atomic mass is 10.3. The number of nitrogens with one attached hydrogen (secondary N) is 1. The van der Waals surface area contributed by atoms with Gasteiger partial charge in [0.05, 0.1) is 6.61 Å². The standard InChI is InChI=1S/C12H19NO2/c1-3-8-14-11-5-4-6-12(10-11)15-9-7-13-2/h4-6,10,13H,3,7-9H2,1-2H3. The molecule has 0 spiro atoms. The number of rotatable bonds is 7. The Hall–Kier alpha value is -1.22. The molecule has 0 aromatic heterocycles. The summed E-state index contributed by atoms with van der Waals surface area (Å²) in [4.78, 5) is 0. The summed E-state index contributed by atoms with van der Waals surface area (Å²) in [5.74, 6) is 1.73. The van der Waals surface area contributed by atoms with Crippen molar-refractivity contribution in [2.75, 3.05) is 26.8 Å². The Kier molecular flexibility index (Phi) is 5.63. The van der Waals surface area contributed by atoms with E-state index in [9.17, 15) is 0 Å². The average Bonchev–Trinajstić information content (AvgIpc) is 2.27. The van der Waals surface area contributed by atoms with Gasteiger partial charge in [0.25, 0.3) is 0 Å². The molecule has 0 amide bonds. The summed E-state index contributed by atoms with van der Waals surface area (Å²) in [5, 5.41) is 3.03. The van der Waals surface area contributed by atoms with Crippen molar-refractivity contribution in [2.45, 2.75) is 13.3 Å².